The minimum absolute atomic E-state index is 0.0579. The van der Waals surface area contributed by atoms with E-state index in [0.717, 1.165) is 33.6 Å². The summed E-state index contributed by atoms with van der Waals surface area (Å²) in [7, 11) is 0. The third-order valence-corrected chi connectivity index (χ3v) is 4.12. The average Bonchev–Trinajstić information content (AvgIpc) is 2.59. The summed E-state index contributed by atoms with van der Waals surface area (Å²) in [5, 5.41) is 6.35. The molecule has 7 nitrogen and oxygen atoms in total. The van der Waals surface area contributed by atoms with Crippen molar-refractivity contribution in [2.24, 2.45) is 0 Å². The van der Waals surface area contributed by atoms with Crippen LogP contribution in [0.15, 0.2) is 36.4 Å². The predicted octanol–water partition coefficient (Wildman–Crippen LogP) is 5.16. The van der Waals surface area contributed by atoms with E-state index < -0.39 is 5.97 Å². The van der Waals surface area contributed by atoms with Crippen molar-refractivity contribution < 1.29 is 9.53 Å². The molecule has 30 heavy (non-hydrogen) atoms. The molecule has 0 saturated heterocycles. The highest BCUT2D eigenvalue weighted by Gasteiger charge is 2.17. The molecule has 0 amide bonds. The fourth-order valence-corrected chi connectivity index (χ4v) is 3.20. The third-order valence-electron chi connectivity index (χ3n) is 4.12. The van der Waals surface area contributed by atoms with Gasteiger partial charge in [-0.25, -0.2) is 4.79 Å². The lowest BCUT2D eigenvalue weighted by atomic mass is 10.1. The van der Waals surface area contributed by atoms with Crippen molar-refractivity contribution in [3.63, 3.8) is 0 Å². The van der Waals surface area contributed by atoms with E-state index in [1.54, 1.807) is 13.8 Å². The van der Waals surface area contributed by atoms with E-state index in [0.29, 0.717) is 0 Å². The van der Waals surface area contributed by atoms with E-state index in [1.807, 2.05) is 52.0 Å². The minimum Gasteiger partial charge on any atom is -0.457 e. The van der Waals surface area contributed by atoms with E-state index in [-0.39, 0.29) is 23.8 Å². The topological polar surface area (TPSA) is 89.0 Å². The van der Waals surface area contributed by atoms with Crippen LogP contribution in [0.2, 0.25) is 0 Å². The Hall–Kier alpha value is -3.48. The monoisotopic (exact) mass is 405 g/mol. The molecule has 0 unspecified atom stereocenters. The van der Waals surface area contributed by atoms with Crippen LogP contribution in [0.5, 0.6) is 0 Å². The normalized spacial score (nSPS) is 10.8. The van der Waals surface area contributed by atoms with Gasteiger partial charge in [0.15, 0.2) is 0 Å². The number of benzene rings is 2. The first-order valence-electron chi connectivity index (χ1n) is 9.85. The van der Waals surface area contributed by atoms with Gasteiger partial charge in [0.05, 0.1) is 6.10 Å². The van der Waals surface area contributed by atoms with Crippen molar-refractivity contribution in [2.45, 2.75) is 47.6 Å². The van der Waals surface area contributed by atoms with Crippen LogP contribution in [0.25, 0.3) is 0 Å². The number of anilines is 4. The first-order chi connectivity index (χ1) is 14.2. The molecule has 2 N–H and O–H groups in total. The summed E-state index contributed by atoms with van der Waals surface area (Å²) in [6, 6.07) is 12.1. The Morgan fingerprint density at radius 2 is 1.13 bits per heavy atom. The Kier molecular flexibility index (Phi) is 6.30. The molecule has 0 aliphatic carbocycles. The molecule has 0 saturated carbocycles. The maximum Gasteiger partial charge on any atom is 0.376 e. The molecule has 0 aliphatic heterocycles. The number of carbonyl (C=O) groups is 1. The summed E-state index contributed by atoms with van der Waals surface area (Å²) in [6.07, 6.45) is -0.277. The third kappa shape index (κ3) is 5.76. The number of aromatic nitrogens is 3. The summed E-state index contributed by atoms with van der Waals surface area (Å²) in [5.74, 6) is -0.132. The van der Waals surface area contributed by atoms with Gasteiger partial charge < -0.3 is 15.4 Å². The molecule has 2 aromatic carbocycles. The smallest absolute Gasteiger partial charge is 0.376 e. The lowest BCUT2D eigenvalue weighted by molar-refractivity contribution is 0.0363. The van der Waals surface area contributed by atoms with Crippen LogP contribution in [0, 0.1) is 27.7 Å². The highest BCUT2D eigenvalue weighted by molar-refractivity contribution is 5.86. The molecule has 3 rings (SSSR count). The van der Waals surface area contributed by atoms with Crippen molar-refractivity contribution >= 4 is 29.2 Å². The van der Waals surface area contributed by atoms with E-state index >= 15 is 0 Å². The highest BCUT2D eigenvalue weighted by Crippen LogP contribution is 2.21. The summed E-state index contributed by atoms with van der Waals surface area (Å²) >= 11 is 0. The standard InChI is InChI=1S/C23H27N5O2/c1-13(2)30-21(29)20-26-22(24-18-9-14(3)7-15(4)10-18)28-23(27-20)25-19-11-16(5)8-17(6)12-19/h7-13H,1-6H3,(H2,24,25,26,27,28). The van der Waals surface area contributed by atoms with Crippen LogP contribution >= 0.6 is 0 Å². The van der Waals surface area contributed by atoms with Gasteiger partial charge in [-0.1, -0.05) is 12.1 Å². The van der Waals surface area contributed by atoms with Gasteiger partial charge in [0.25, 0.3) is 0 Å². The number of esters is 1. The molecule has 0 atom stereocenters. The van der Waals surface area contributed by atoms with Gasteiger partial charge in [0, 0.05) is 11.4 Å². The predicted molar refractivity (Wildman–Crippen MR) is 119 cm³/mol. The lowest BCUT2D eigenvalue weighted by Gasteiger charge is -2.12. The maximum absolute atomic E-state index is 12.5. The van der Waals surface area contributed by atoms with E-state index in [9.17, 15) is 4.79 Å². The number of hydrogen-bond acceptors (Lipinski definition) is 7. The van der Waals surface area contributed by atoms with Gasteiger partial charge in [-0.15, -0.1) is 0 Å². The Morgan fingerprint density at radius 1 is 0.733 bits per heavy atom. The summed E-state index contributed by atoms with van der Waals surface area (Å²) in [6.45, 7) is 11.6. The summed E-state index contributed by atoms with van der Waals surface area (Å²) < 4.78 is 5.28. The number of hydrogen-bond donors (Lipinski definition) is 2. The van der Waals surface area contributed by atoms with Gasteiger partial charge in [0.2, 0.25) is 17.7 Å². The maximum atomic E-state index is 12.5. The number of ether oxygens (including phenoxy) is 1. The largest absolute Gasteiger partial charge is 0.457 e. The second-order valence-electron chi connectivity index (χ2n) is 7.76. The van der Waals surface area contributed by atoms with Crippen LogP contribution in [-0.2, 0) is 4.74 Å². The zero-order valence-electron chi connectivity index (χ0n) is 18.2. The SMILES string of the molecule is Cc1cc(C)cc(Nc2nc(Nc3cc(C)cc(C)c3)nc(C(=O)OC(C)C)n2)c1. The molecular formula is C23H27N5O2. The quantitative estimate of drug-likeness (QED) is 0.548. The Labute approximate surface area is 176 Å². The van der Waals surface area contributed by atoms with Crippen molar-refractivity contribution in [1.29, 1.82) is 0 Å². The second-order valence-corrected chi connectivity index (χ2v) is 7.76. The molecule has 1 aromatic heterocycles. The van der Waals surface area contributed by atoms with Crippen molar-refractivity contribution in [2.75, 3.05) is 10.6 Å². The zero-order chi connectivity index (χ0) is 21.8. The van der Waals surface area contributed by atoms with E-state index in [4.69, 9.17) is 4.74 Å². The molecule has 0 fully saturated rings. The minimum atomic E-state index is -0.598. The molecule has 0 bridgehead atoms. The fraction of sp³-hybridized carbons (Fsp3) is 0.304. The number of nitrogens with zero attached hydrogens (tertiary/aromatic N) is 3. The van der Waals surface area contributed by atoms with Crippen LogP contribution in [0.1, 0.15) is 46.7 Å². The Morgan fingerprint density at radius 3 is 1.50 bits per heavy atom. The lowest BCUT2D eigenvalue weighted by Crippen LogP contribution is -2.17. The van der Waals surface area contributed by atoms with Gasteiger partial charge >= 0.3 is 5.97 Å². The molecule has 0 aliphatic rings. The summed E-state index contributed by atoms with van der Waals surface area (Å²) in [5.41, 5.74) is 6.11. The van der Waals surface area contributed by atoms with Gasteiger partial charge in [-0.05, 0) is 88.1 Å². The summed E-state index contributed by atoms with van der Waals surface area (Å²) in [4.78, 5) is 25.4. The second kappa shape index (κ2) is 8.90. The van der Waals surface area contributed by atoms with Crippen LogP contribution in [-0.4, -0.2) is 27.0 Å². The van der Waals surface area contributed by atoms with Gasteiger partial charge in [-0.2, -0.15) is 15.0 Å². The number of nitrogens with one attached hydrogen (secondary N) is 2. The number of carbonyl (C=O) groups excluding carboxylic acids is 1. The molecule has 1 heterocycles. The van der Waals surface area contributed by atoms with Crippen LogP contribution in [0.3, 0.4) is 0 Å². The Balaban J connectivity index is 1.98. The van der Waals surface area contributed by atoms with Crippen molar-refractivity contribution in [3.05, 3.63) is 64.5 Å². The van der Waals surface area contributed by atoms with Crippen LogP contribution in [0.4, 0.5) is 23.3 Å². The van der Waals surface area contributed by atoms with Crippen molar-refractivity contribution in [1.82, 2.24) is 15.0 Å². The molecule has 7 heteroatoms. The van der Waals surface area contributed by atoms with E-state index in [1.165, 1.54) is 0 Å². The highest BCUT2D eigenvalue weighted by atomic mass is 16.5. The van der Waals surface area contributed by atoms with Crippen molar-refractivity contribution in [3.8, 4) is 0 Å². The molecule has 156 valence electrons. The number of rotatable bonds is 6. The van der Waals surface area contributed by atoms with Gasteiger partial charge in [0.1, 0.15) is 0 Å². The molecular weight excluding hydrogens is 378 g/mol. The van der Waals surface area contributed by atoms with Gasteiger partial charge in [-0.3, -0.25) is 0 Å². The first kappa shape index (κ1) is 21.2. The van der Waals surface area contributed by atoms with Crippen LogP contribution < -0.4 is 10.6 Å². The van der Waals surface area contributed by atoms with E-state index in [2.05, 4.69) is 37.7 Å². The zero-order valence-corrected chi connectivity index (χ0v) is 18.2. The first-order valence-corrected chi connectivity index (χ1v) is 9.85. The fourth-order valence-electron chi connectivity index (χ4n) is 3.20. The average molecular weight is 406 g/mol. The Bertz CT molecular complexity index is 967. The molecule has 0 radical (unpaired) electrons. The molecule has 0 spiro atoms. The number of aryl methyl sites for hydroxylation is 4. The molecule has 3 aromatic rings.